The molecule has 1 aromatic heterocycles. The standard InChI is InChI=1S/C13H12BrFN2OS/c1-7-11(14)5-9(19-7)6-17-8-2-3-12(15)10(4-8)13(16)18/h2-5,17H,6H2,1H3,(H2,16,18). The van der Waals surface area contributed by atoms with Crippen LogP contribution < -0.4 is 11.1 Å². The number of halogens is 2. The summed E-state index contributed by atoms with van der Waals surface area (Å²) in [4.78, 5) is 13.4. The smallest absolute Gasteiger partial charge is 0.251 e. The lowest BCUT2D eigenvalue weighted by Crippen LogP contribution is -2.13. The second-order valence-electron chi connectivity index (χ2n) is 4.03. The van der Waals surface area contributed by atoms with E-state index in [1.807, 2.05) is 13.0 Å². The maximum Gasteiger partial charge on any atom is 0.251 e. The molecule has 0 aliphatic rings. The number of carbonyl (C=O) groups is 1. The summed E-state index contributed by atoms with van der Waals surface area (Å²) in [5.74, 6) is -1.37. The Balaban J connectivity index is 2.11. The van der Waals surface area contributed by atoms with Crippen molar-refractivity contribution in [2.75, 3.05) is 5.32 Å². The predicted molar refractivity (Wildman–Crippen MR) is 79.0 cm³/mol. The highest BCUT2D eigenvalue weighted by atomic mass is 79.9. The molecule has 1 amide bonds. The number of nitrogens with one attached hydrogen (secondary N) is 1. The van der Waals surface area contributed by atoms with Crippen molar-refractivity contribution in [2.45, 2.75) is 13.5 Å². The van der Waals surface area contributed by atoms with Crippen LogP contribution in [0.2, 0.25) is 0 Å². The molecule has 0 radical (unpaired) electrons. The molecule has 0 saturated carbocycles. The Labute approximate surface area is 122 Å². The average molecular weight is 343 g/mol. The van der Waals surface area contributed by atoms with Crippen LogP contribution in [-0.4, -0.2) is 5.91 Å². The zero-order valence-corrected chi connectivity index (χ0v) is 12.6. The first-order chi connectivity index (χ1) is 8.97. The summed E-state index contributed by atoms with van der Waals surface area (Å²) >= 11 is 5.13. The molecule has 0 unspecified atom stereocenters. The molecule has 1 heterocycles. The number of rotatable bonds is 4. The summed E-state index contributed by atoms with van der Waals surface area (Å²) in [6.07, 6.45) is 0. The van der Waals surface area contributed by atoms with Crippen molar-refractivity contribution in [1.29, 1.82) is 0 Å². The van der Waals surface area contributed by atoms with Crippen LogP contribution in [0, 0.1) is 12.7 Å². The van der Waals surface area contributed by atoms with Gasteiger partial charge in [0, 0.05) is 26.5 Å². The minimum Gasteiger partial charge on any atom is -0.380 e. The van der Waals surface area contributed by atoms with Crippen LogP contribution >= 0.6 is 27.3 Å². The molecule has 0 atom stereocenters. The van der Waals surface area contributed by atoms with Gasteiger partial charge in [0.25, 0.3) is 5.91 Å². The van der Waals surface area contributed by atoms with Crippen LogP contribution in [0.4, 0.5) is 10.1 Å². The van der Waals surface area contributed by atoms with E-state index in [9.17, 15) is 9.18 Å². The minimum atomic E-state index is -0.768. The molecule has 6 heteroatoms. The summed E-state index contributed by atoms with van der Waals surface area (Å²) < 4.78 is 14.4. The van der Waals surface area contributed by atoms with E-state index in [1.165, 1.54) is 17.0 Å². The van der Waals surface area contributed by atoms with Crippen LogP contribution in [0.1, 0.15) is 20.1 Å². The highest BCUT2D eigenvalue weighted by Gasteiger charge is 2.09. The highest BCUT2D eigenvalue weighted by molar-refractivity contribution is 9.10. The summed E-state index contributed by atoms with van der Waals surface area (Å²) in [5, 5.41) is 3.14. The zero-order valence-electron chi connectivity index (χ0n) is 10.2. The van der Waals surface area contributed by atoms with E-state index in [4.69, 9.17) is 5.73 Å². The summed E-state index contributed by atoms with van der Waals surface area (Å²) in [6.45, 7) is 2.64. The Hall–Kier alpha value is -1.40. The molecule has 3 nitrogen and oxygen atoms in total. The van der Waals surface area contributed by atoms with Crippen molar-refractivity contribution in [2.24, 2.45) is 5.73 Å². The number of benzene rings is 1. The predicted octanol–water partition coefficient (Wildman–Crippen LogP) is 3.67. The Morgan fingerprint density at radius 2 is 2.21 bits per heavy atom. The quantitative estimate of drug-likeness (QED) is 0.890. The molecule has 0 aliphatic heterocycles. The molecule has 0 saturated heterocycles. The van der Waals surface area contributed by atoms with Crippen LogP contribution in [0.25, 0.3) is 0 Å². The number of hydrogen-bond donors (Lipinski definition) is 2. The monoisotopic (exact) mass is 342 g/mol. The van der Waals surface area contributed by atoms with Gasteiger partial charge in [0.1, 0.15) is 5.82 Å². The normalized spacial score (nSPS) is 10.5. The van der Waals surface area contributed by atoms with Gasteiger partial charge in [-0.25, -0.2) is 4.39 Å². The number of nitrogens with two attached hydrogens (primary N) is 1. The topological polar surface area (TPSA) is 55.1 Å². The fourth-order valence-corrected chi connectivity index (χ4v) is 3.16. The maximum absolute atomic E-state index is 13.3. The molecule has 100 valence electrons. The molecule has 2 rings (SSSR count). The number of primary amides is 1. The van der Waals surface area contributed by atoms with Crippen LogP contribution in [0.3, 0.4) is 0 Å². The van der Waals surface area contributed by atoms with Gasteiger partial charge in [-0.15, -0.1) is 11.3 Å². The van der Waals surface area contributed by atoms with E-state index in [-0.39, 0.29) is 5.56 Å². The Morgan fingerprint density at radius 3 is 2.79 bits per heavy atom. The molecule has 0 spiro atoms. The molecule has 0 aliphatic carbocycles. The first-order valence-electron chi connectivity index (χ1n) is 5.55. The number of thiophene rings is 1. The van der Waals surface area contributed by atoms with Crippen molar-refractivity contribution in [3.63, 3.8) is 0 Å². The lowest BCUT2D eigenvalue weighted by Gasteiger charge is -2.06. The molecular formula is C13H12BrFN2OS. The van der Waals surface area contributed by atoms with Crippen LogP contribution in [-0.2, 0) is 6.54 Å². The lowest BCUT2D eigenvalue weighted by molar-refractivity contribution is 0.0996. The zero-order chi connectivity index (χ0) is 14.0. The molecule has 1 aromatic carbocycles. The van der Waals surface area contributed by atoms with E-state index in [0.717, 1.165) is 9.35 Å². The van der Waals surface area contributed by atoms with Crippen molar-refractivity contribution < 1.29 is 9.18 Å². The fraction of sp³-hybridized carbons (Fsp3) is 0.154. The van der Waals surface area contributed by atoms with E-state index in [2.05, 4.69) is 21.2 Å². The lowest BCUT2D eigenvalue weighted by atomic mass is 10.2. The fourth-order valence-electron chi connectivity index (χ4n) is 1.62. The van der Waals surface area contributed by atoms with E-state index in [1.54, 1.807) is 17.4 Å². The Bertz CT molecular complexity index is 608. The Kier molecular flexibility index (Phi) is 4.21. The number of hydrogen-bond acceptors (Lipinski definition) is 3. The van der Waals surface area contributed by atoms with Gasteiger partial charge in [0.2, 0.25) is 0 Å². The van der Waals surface area contributed by atoms with E-state index in [0.29, 0.717) is 12.2 Å². The van der Waals surface area contributed by atoms with Gasteiger partial charge in [0.15, 0.2) is 0 Å². The summed E-state index contributed by atoms with van der Waals surface area (Å²) in [6, 6.07) is 6.27. The van der Waals surface area contributed by atoms with Crippen molar-refractivity contribution in [3.05, 3.63) is 49.9 Å². The third-order valence-electron chi connectivity index (χ3n) is 2.61. The molecular weight excluding hydrogens is 331 g/mol. The number of anilines is 1. The third-order valence-corrected chi connectivity index (χ3v) is 4.74. The van der Waals surface area contributed by atoms with Gasteiger partial charge in [-0.2, -0.15) is 0 Å². The second kappa shape index (κ2) is 5.71. The molecule has 19 heavy (non-hydrogen) atoms. The SMILES string of the molecule is Cc1sc(CNc2ccc(F)c(C(N)=O)c2)cc1Br. The number of carbonyl (C=O) groups excluding carboxylic acids is 1. The van der Waals surface area contributed by atoms with Crippen LogP contribution in [0.15, 0.2) is 28.7 Å². The minimum absolute atomic E-state index is 0.103. The van der Waals surface area contributed by atoms with Gasteiger partial charge in [-0.05, 0) is 47.1 Å². The van der Waals surface area contributed by atoms with Gasteiger partial charge in [-0.3, -0.25) is 4.79 Å². The Morgan fingerprint density at radius 1 is 1.47 bits per heavy atom. The van der Waals surface area contributed by atoms with Gasteiger partial charge >= 0.3 is 0 Å². The molecule has 2 aromatic rings. The number of aryl methyl sites for hydroxylation is 1. The maximum atomic E-state index is 13.3. The highest BCUT2D eigenvalue weighted by Crippen LogP contribution is 2.27. The molecule has 3 N–H and O–H groups in total. The van der Waals surface area contributed by atoms with Crippen molar-refractivity contribution in [3.8, 4) is 0 Å². The van der Waals surface area contributed by atoms with Gasteiger partial charge in [0.05, 0.1) is 5.56 Å². The van der Waals surface area contributed by atoms with E-state index < -0.39 is 11.7 Å². The van der Waals surface area contributed by atoms with Gasteiger partial charge < -0.3 is 11.1 Å². The molecule has 0 bridgehead atoms. The van der Waals surface area contributed by atoms with E-state index >= 15 is 0 Å². The van der Waals surface area contributed by atoms with Crippen LogP contribution in [0.5, 0.6) is 0 Å². The third kappa shape index (κ3) is 3.33. The average Bonchev–Trinajstić information content (AvgIpc) is 2.67. The van der Waals surface area contributed by atoms with Crippen molar-refractivity contribution >= 4 is 38.9 Å². The largest absolute Gasteiger partial charge is 0.380 e. The first-order valence-corrected chi connectivity index (χ1v) is 7.16. The summed E-state index contributed by atoms with van der Waals surface area (Å²) in [7, 11) is 0. The summed E-state index contributed by atoms with van der Waals surface area (Å²) in [5.41, 5.74) is 5.66. The van der Waals surface area contributed by atoms with Crippen molar-refractivity contribution in [1.82, 2.24) is 0 Å². The van der Waals surface area contributed by atoms with Gasteiger partial charge in [-0.1, -0.05) is 0 Å². The first kappa shape index (κ1) is 14.0. The number of amides is 1. The second-order valence-corrected chi connectivity index (χ2v) is 6.22. The molecule has 0 fully saturated rings.